The molecule has 1 aliphatic heterocycles. The van der Waals surface area contributed by atoms with Gasteiger partial charge in [0.1, 0.15) is 0 Å². The molecule has 2 atom stereocenters. The van der Waals surface area contributed by atoms with Crippen molar-refractivity contribution in [3.63, 3.8) is 0 Å². The normalized spacial score (nSPS) is 29.5. The van der Waals surface area contributed by atoms with E-state index in [-0.39, 0.29) is 0 Å². The van der Waals surface area contributed by atoms with Crippen LogP contribution in [0.1, 0.15) is 33.1 Å². The molecule has 1 fully saturated rings. The average Bonchev–Trinajstić information content (AvgIpc) is 2.33. The maximum absolute atomic E-state index is 8.76. The Bertz CT molecular complexity index is 197. The lowest BCUT2D eigenvalue weighted by Crippen LogP contribution is -2.40. The van der Waals surface area contributed by atoms with Crippen molar-refractivity contribution in [2.75, 3.05) is 19.6 Å². The predicted molar refractivity (Wildman–Crippen MR) is 58.0 cm³/mol. The molecule has 0 radical (unpaired) electrons. The van der Waals surface area contributed by atoms with Gasteiger partial charge in [-0.3, -0.25) is 4.90 Å². The Morgan fingerprint density at radius 3 is 3.00 bits per heavy atom. The maximum atomic E-state index is 8.76. The van der Waals surface area contributed by atoms with Crippen molar-refractivity contribution >= 4 is 0 Å². The van der Waals surface area contributed by atoms with E-state index in [9.17, 15) is 0 Å². The quantitative estimate of drug-likeness (QED) is 0.739. The fourth-order valence-corrected chi connectivity index (χ4v) is 2.00. The van der Waals surface area contributed by atoms with Gasteiger partial charge in [-0.15, -0.1) is 0 Å². The third-order valence-electron chi connectivity index (χ3n) is 2.91. The molecule has 0 bridgehead atoms. The SMILES string of the molecule is CCCN1CCC(C)NCC1CC#N. The molecule has 1 N–H and O–H groups in total. The number of nitriles is 1. The highest BCUT2D eigenvalue weighted by Crippen LogP contribution is 2.10. The number of hydrogen-bond donors (Lipinski definition) is 1. The van der Waals surface area contributed by atoms with Gasteiger partial charge in [-0.05, 0) is 32.9 Å². The van der Waals surface area contributed by atoms with Crippen LogP contribution in [0.25, 0.3) is 0 Å². The molecular formula is C11H21N3. The maximum Gasteiger partial charge on any atom is 0.0638 e. The second kappa shape index (κ2) is 6.00. The van der Waals surface area contributed by atoms with Gasteiger partial charge in [0.2, 0.25) is 0 Å². The summed E-state index contributed by atoms with van der Waals surface area (Å²) in [7, 11) is 0. The van der Waals surface area contributed by atoms with Crippen LogP contribution in [0, 0.1) is 11.3 Å². The molecule has 0 saturated carbocycles. The van der Waals surface area contributed by atoms with Crippen LogP contribution in [0.4, 0.5) is 0 Å². The molecule has 0 aromatic heterocycles. The van der Waals surface area contributed by atoms with Gasteiger partial charge in [-0.2, -0.15) is 5.26 Å². The number of nitrogens with zero attached hydrogens (tertiary/aromatic N) is 2. The number of nitrogens with one attached hydrogen (secondary N) is 1. The second-order valence-electron chi connectivity index (χ2n) is 4.15. The first-order chi connectivity index (χ1) is 6.77. The van der Waals surface area contributed by atoms with Crippen molar-refractivity contribution in [3.8, 4) is 6.07 Å². The molecule has 1 saturated heterocycles. The highest BCUT2D eigenvalue weighted by atomic mass is 15.2. The highest BCUT2D eigenvalue weighted by molar-refractivity contribution is 4.87. The lowest BCUT2D eigenvalue weighted by molar-refractivity contribution is 0.211. The zero-order valence-electron chi connectivity index (χ0n) is 9.29. The molecule has 0 amide bonds. The van der Waals surface area contributed by atoms with Crippen molar-refractivity contribution in [2.24, 2.45) is 0 Å². The van der Waals surface area contributed by atoms with E-state index < -0.39 is 0 Å². The Morgan fingerprint density at radius 1 is 1.57 bits per heavy atom. The van der Waals surface area contributed by atoms with Crippen LogP contribution >= 0.6 is 0 Å². The van der Waals surface area contributed by atoms with E-state index in [4.69, 9.17) is 5.26 Å². The molecule has 0 aliphatic carbocycles. The fourth-order valence-electron chi connectivity index (χ4n) is 2.00. The van der Waals surface area contributed by atoms with Crippen LogP contribution in [0.5, 0.6) is 0 Å². The van der Waals surface area contributed by atoms with Crippen LogP contribution < -0.4 is 5.32 Å². The lowest BCUT2D eigenvalue weighted by Gasteiger charge is -2.27. The van der Waals surface area contributed by atoms with E-state index >= 15 is 0 Å². The van der Waals surface area contributed by atoms with Gasteiger partial charge in [0.25, 0.3) is 0 Å². The molecule has 0 spiro atoms. The van der Waals surface area contributed by atoms with Crippen LogP contribution in [-0.4, -0.2) is 36.6 Å². The van der Waals surface area contributed by atoms with E-state index in [1.165, 1.54) is 12.8 Å². The number of hydrogen-bond acceptors (Lipinski definition) is 3. The van der Waals surface area contributed by atoms with E-state index in [0.717, 1.165) is 19.6 Å². The summed E-state index contributed by atoms with van der Waals surface area (Å²) in [4.78, 5) is 2.46. The first kappa shape index (κ1) is 11.5. The molecule has 1 rings (SSSR count). The molecule has 80 valence electrons. The first-order valence-corrected chi connectivity index (χ1v) is 5.62. The fraction of sp³-hybridized carbons (Fsp3) is 0.909. The summed E-state index contributed by atoms with van der Waals surface area (Å²) in [5.41, 5.74) is 0. The number of rotatable bonds is 3. The van der Waals surface area contributed by atoms with Crippen LogP contribution in [0.3, 0.4) is 0 Å². The molecular weight excluding hydrogens is 174 g/mol. The Kier molecular flexibility index (Phi) is 4.92. The monoisotopic (exact) mass is 195 g/mol. The Balaban J connectivity index is 2.52. The zero-order valence-corrected chi connectivity index (χ0v) is 9.29. The highest BCUT2D eigenvalue weighted by Gasteiger charge is 2.21. The summed E-state index contributed by atoms with van der Waals surface area (Å²) >= 11 is 0. The third kappa shape index (κ3) is 3.28. The van der Waals surface area contributed by atoms with E-state index in [2.05, 4.69) is 30.1 Å². The first-order valence-electron chi connectivity index (χ1n) is 5.62. The Hall–Kier alpha value is -0.590. The molecule has 0 aromatic rings. The molecule has 3 heteroatoms. The molecule has 3 nitrogen and oxygen atoms in total. The van der Waals surface area contributed by atoms with E-state index in [1.807, 2.05) is 0 Å². The molecule has 0 aromatic carbocycles. The summed E-state index contributed by atoms with van der Waals surface area (Å²) in [5, 5.41) is 12.2. The smallest absolute Gasteiger partial charge is 0.0638 e. The third-order valence-corrected chi connectivity index (χ3v) is 2.91. The van der Waals surface area contributed by atoms with Gasteiger partial charge < -0.3 is 5.32 Å². The minimum atomic E-state index is 0.421. The summed E-state index contributed by atoms with van der Waals surface area (Å²) in [6, 6.07) is 3.30. The Morgan fingerprint density at radius 2 is 2.36 bits per heavy atom. The average molecular weight is 195 g/mol. The standard InChI is InChI=1S/C11H21N3/c1-3-7-14-8-5-10(2)13-9-11(14)4-6-12/h10-11,13H,3-5,7-9H2,1-2H3. The summed E-state index contributed by atoms with van der Waals surface area (Å²) in [6.45, 7) is 7.65. The predicted octanol–water partition coefficient (Wildman–Crippen LogP) is 1.36. The largest absolute Gasteiger partial charge is 0.313 e. The molecule has 2 unspecified atom stereocenters. The van der Waals surface area contributed by atoms with Crippen molar-refractivity contribution in [3.05, 3.63) is 0 Å². The van der Waals surface area contributed by atoms with Crippen molar-refractivity contribution in [2.45, 2.75) is 45.2 Å². The van der Waals surface area contributed by atoms with Gasteiger partial charge in [-0.25, -0.2) is 0 Å². The minimum absolute atomic E-state index is 0.421. The van der Waals surface area contributed by atoms with Gasteiger partial charge in [0.05, 0.1) is 12.5 Å². The molecule has 14 heavy (non-hydrogen) atoms. The van der Waals surface area contributed by atoms with Crippen molar-refractivity contribution < 1.29 is 0 Å². The molecule has 1 heterocycles. The zero-order chi connectivity index (χ0) is 10.4. The van der Waals surface area contributed by atoms with Gasteiger partial charge in [-0.1, -0.05) is 6.92 Å². The van der Waals surface area contributed by atoms with Crippen LogP contribution in [0.2, 0.25) is 0 Å². The summed E-state index contributed by atoms with van der Waals surface area (Å²) < 4.78 is 0. The van der Waals surface area contributed by atoms with E-state index in [0.29, 0.717) is 18.5 Å². The topological polar surface area (TPSA) is 39.1 Å². The molecule has 1 aliphatic rings. The summed E-state index contributed by atoms with van der Waals surface area (Å²) in [6.07, 6.45) is 3.03. The minimum Gasteiger partial charge on any atom is -0.313 e. The van der Waals surface area contributed by atoms with Crippen LogP contribution in [0.15, 0.2) is 0 Å². The van der Waals surface area contributed by atoms with Crippen molar-refractivity contribution in [1.29, 1.82) is 5.26 Å². The van der Waals surface area contributed by atoms with Gasteiger partial charge >= 0.3 is 0 Å². The second-order valence-corrected chi connectivity index (χ2v) is 4.15. The summed E-state index contributed by atoms with van der Waals surface area (Å²) in [5.74, 6) is 0. The van der Waals surface area contributed by atoms with Crippen LogP contribution in [-0.2, 0) is 0 Å². The Labute approximate surface area is 87.1 Å². The lowest BCUT2D eigenvalue weighted by atomic mass is 10.2. The van der Waals surface area contributed by atoms with Gasteiger partial charge in [0, 0.05) is 18.6 Å². The van der Waals surface area contributed by atoms with Crippen molar-refractivity contribution in [1.82, 2.24) is 10.2 Å². The van der Waals surface area contributed by atoms with Gasteiger partial charge in [0.15, 0.2) is 0 Å². The van der Waals surface area contributed by atoms with E-state index in [1.54, 1.807) is 0 Å².